The minimum atomic E-state index is -0.469. The van der Waals surface area contributed by atoms with Crippen LogP contribution in [0.25, 0.3) is 0 Å². The smallest absolute Gasteiger partial charge is 0.145 e. The van der Waals surface area contributed by atoms with Crippen molar-refractivity contribution in [2.45, 2.75) is 19.8 Å². The highest BCUT2D eigenvalue weighted by atomic mass is 79.9. The topological polar surface area (TPSA) is 21.3 Å². The molecule has 0 atom stereocenters. The van der Waals surface area contributed by atoms with Gasteiger partial charge in [-0.15, -0.1) is 0 Å². The van der Waals surface area contributed by atoms with Crippen LogP contribution >= 0.6 is 27.5 Å². The molecule has 0 saturated carbocycles. The van der Waals surface area contributed by atoms with Crippen LogP contribution in [0.15, 0.2) is 16.6 Å². The maximum absolute atomic E-state index is 13.2. The maximum atomic E-state index is 13.2. The number of nitrogens with one attached hydrogen (secondary N) is 1. The van der Waals surface area contributed by atoms with Crippen molar-refractivity contribution in [2.75, 3.05) is 19.7 Å². The van der Waals surface area contributed by atoms with E-state index in [-0.39, 0.29) is 5.02 Å². The molecule has 1 aromatic carbocycles. The summed E-state index contributed by atoms with van der Waals surface area (Å²) in [5.41, 5.74) is 0. The zero-order valence-corrected chi connectivity index (χ0v) is 12.1. The largest absolute Gasteiger partial charge is 0.491 e. The molecule has 0 spiro atoms. The van der Waals surface area contributed by atoms with Gasteiger partial charge in [-0.25, -0.2) is 4.39 Å². The highest BCUT2D eigenvalue weighted by molar-refractivity contribution is 9.10. The van der Waals surface area contributed by atoms with Crippen LogP contribution in [0.4, 0.5) is 4.39 Å². The molecule has 96 valence electrons. The first-order chi connectivity index (χ1) is 8.15. The molecule has 0 bridgehead atoms. The van der Waals surface area contributed by atoms with Crippen LogP contribution in [0.5, 0.6) is 5.75 Å². The van der Waals surface area contributed by atoms with Crippen molar-refractivity contribution in [2.24, 2.45) is 0 Å². The Bertz CT molecular complexity index is 363. The van der Waals surface area contributed by atoms with Gasteiger partial charge in [0.1, 0.15) is 18.2 Å². The van der Waals surface area contributed by atoms with Crippen LogP contribution in [0.2, 0.25) is 5.02 Å². The minimum absolute atomic E-state index is 0.0882. The van der Waals surface area contributed by atoms with E-state index in [0.717, 1.165) is 19.5 Å². The van der Waals surface area contributed by atoms with Crippen molar-refractivity contribution >= 4 is 27.5 Å². The molecule has 0 unspecified atom stereocenters. The molecule has 1 aromatic rings. The first-order valence-corrected chi connectivity index (χ1v) is 6.80. The molecule has 2 nitrogen and oxygen atoms in total. The first kappa shape index (κ1) is 14.7. The molecule has 0 amide bonds. The summed E-state index contributed by atoms with van der Waals surface area (Å²) in [7, 11) is 0. The summed E-state index contributed by atoms with van der Waals surface area (Å²) in [6, 6.07) is 2.79. The zero-order valence-electron chi connectivity index (χ0n) is 9.73. The van der Waals surface area contributed by atoms with Gasteiger partial charge in [0.05, 0.1) is 9.50 Å². The van der Waals surface area contributed by atoms with Crippen molar-refractivity contribution in [3.05, 3.63) is 27.4 Å². The van der Waals surface area contributed by atoms with E-state index in [1.165, 1.54) is 18.6 Å². The Morgan fingerprint density at radius 2 is 2.18 bits per heavy atom. The molecule has 0 aliphatic carbocycles. The van der Waals surface area contributed by atoms with Crippen LogP contribution < -0.4 is 10.1 Å². The molecule has 0 aliphatic rings. The quantitative estimate of drug-likeness (QED) is 0.604. The average Bonchev–Trinajstić information content (AvgIpc) is 2.30. The Morgan fingerprint density at radius 3 is 2.88 bits per heavy atom. The second-order valence-corrected chi connectivity index (χ2v) is 4.91. The third-order valence-corrected chi connectivity index (χ3v) is 3.13. The van der Waals surface area contributed by atoms with E-state index in [0.29, 0.717) is 16.8 Å². The number of hydrogen-bond donors (Lipinski definition) is 1. The Hall–Kier alpha value is -0.320. The number of rotatable bonds is 7. The fourth-order valence-electron chi connectivity index (χ4n) is 1.27. The predicted molar refractivity (Wildman–Crippen MR) is 72.4 cm³/mol. The van der Waals surface area contributed by atoms with Gasteiger partial charge in [-0.3, -0.25) is 0 Å². The summed E-state index contributed by atoms with van der Waals surface area (Å²) in [4.78, 5) is 0. The van der Waals surface area contributed by atoms with Gasteiger partial charge in [-0.1, -0.05) is 24.9 Å². The fourth-order valence-corrected chi connectivity index (χ4v) is 2.03. The van der Waals surface area contributed by atoms with E-state index in [1.54, 1.807) is 0 Å². The number of benzene rings is 1. The number of hydrogen-bond acceptors (Lipinski definition) is 2. The summed E-state index contributed by atoms with van der Waals surface area (Å²) in [5, 5.41) is 3.33. The van der Waals surface area contributed by atoms with Crippen molar-refractivity contribution in [3.8, 4) is 5.75 Å². The molecule has 0 heterocycles. The average molecular weight is 325 g/mol. The zero-order chi connectivity index (χ0) is 12.7. The predicted octanol–water partition coefficient (Wildman–Crippen LogP) is 4.01. The third kappa shape index (κ3) is 5.23. The molecule has 0 saturated heterocycles. The lowest BCUT2D eigenvalue weighted by molar-refractivity contribution is 0.310. The summed E-state index contributed by atoms with van der Waals surface area (Å²) < 4.78 is 19.3. The monoisotopic (exact) mass is 323 g/mol. The highest BCUT2D eigenvalue weighted by Crippen LogP contribution is 2.30. The van der Waals surface area contributed by atoms with Crippen LogP contribution in [0.1, 0.15) is 19.8 Å². The van der Waals surface area contributed by atoms with E-state index in [9.17, 15) is 4.39 Å². The minimum Gasteiger partial charge on any atom is -0.491 e. The van der Waals surface area contributed by atoms with Crippen LogP contribution in [0.3, 0.4) is 0 Å². The van der Waals surface area contributed by atoms with E-state index in [1.807, 2.05) is 0 Å². The molecule has 17 heavy (non-hydrogen) atoms. The maximum Gasteiger partial charge on any atom is 0.145 e. The number of ether oxygens (including phenoxy) is 1. The Balaban J connectivity index is 2.34. The van der Waals surface area contributed by atoms with E-state index in [4.69, 9.17) is 16.3 Å². The molecule has 0 radical (unpaired) electrons. The highest BCUT2D eigenvalue weighted by Gasteiger charge is 2.07. The standard InChI is InChI=1S/C12H16BrClFNO/c1-2-3-4-16-5-6-17-12-8-11(15)10(14)7-9(12)13/h7-8,16H,2-6H2,1H3. The van der Waals surface area contributed by atoms with Gasteiger partial charge in [0.2, 0.25) is 0 Å². The SMILES string of the molecule is CCCCNCCOc1cc(F)c(Cl)cc1Br. The van der Waals surface area contributed by atoms with Gasteiger partial charge in [0.15, 0.2) is 0 Å². The molecule has 0 fully saturated rings. The fraction of sp³-hybridized carbons (Fsp3) is 0.500. The third-order valence-electron chi connectivity index (χ3n) is 2.22. The van der Waals surface area contributed by atoms with Gasteiger partial charge in [0, 0.05) is 12.6 Å². The summed E-state index contributed by atoms with van der Waals surface area (Å²) >= 11 is 8.91. The van der Waals surface area contributed by atoms with Crippen molar-refractivity contribution < 1.29 is 9.13 Å². The summed E-state index contributed by atoms with van der Waals surface area (Å²) in [6.07, 6.45) is 2.32. The van der Waals surface area contributed by atoms with Gasteiger partial charge in [0.25, 0.3) is 0 Å². The van der Waals surface area contributed by atoms with E-state index in [2.05, 4.69) is 28.2 Å². The van der Waals surface area contributed by atoms with Gasteiger partial charge >= 0.3 is 0 Å². The molecule has 5 heteroatoms. The van der Waals surface area contributed by atoms with Gasteiger partial charge in [-0.05, 0) is 35.0 Å². The van der Waals surface area contributed by atoms with Gasteiger partial charge in [-0.2, -0.15) is 0 Å². The molecule has 0 aliphatic heterocycles. The van der Waals surface area contributed by atoms with Crippen LogP contribution in [-0.2, 0) is 0 Å². The lowest BCUT2D eigenvalue weighted by Gasteiger charge is -2.09. The van der Waals surface area contributed by atoms with Crippen LogP contribution in [-0.4, -0.2) is 19.7 Å². The summed E-state index contributed by atoms with van der Waals surface area (Å²) in [6.45, 7) is 4.38. The Kier molecular flexibility index (Phi) is 6.85. The van der Waals surface area contributed by atoms with E-state index < -0.39 is 5.82 Å². The molecular formula is C12H16BrClFNO. The second-order valence-electron chi connectivity index (χ2n) is 3.65. The normalized spacial score (nSPS) is 10.6. The molecule has 1 N–H and O–H groups in total. The van der Waals surface area contributed by atoms with Crippen LogP contribution in [0, 0.1) is 5.82 Å². The number of halogens is 3. The van der Waals surface area contributed by atoms with Crippen molar-refractivity contribution in [1.82, 2.24) is 5.32 Å². The van der Waals surface area contributed by atoms with Gasteiger partial charge < -0.3 is 10.1 Å². The van der Waals surface area contributed by atoms with E-state index >= 15 is 0 Å². The Morgan fingerprint density at radius 1 is 1.41 bits per heavy atom. The van der Waals surface area contributed by atoms with Crippen molar-refractivity contribution in [3.63, 3.8) is 0 Å². The molecular weight excluding hydrogens is 308 g/mol. The lowest BCUT2D eigenvalue weighted by Crippen LogP contribution is -2.22. The molecule has 0 aromatic heterocycles. The Labute approximate surface area is 115 Å². The molecule has 1 rings (SSSR count). The lowest BCUT2D eigenvalue weighted by atomic mass is 10.3. The number of unbranched alkanes of at least 4 members (excludes halogenated alkanes) is 1. The second kappa shape index (κ2) is 7.90. The van der Waals surface area contributed by atoms with Crippen molar-refractivity contribution in [1.29, 1.82) is 0 Å². The first-order valence-electron chi connectivity index (χ1n) is 5.63. The summed E-state index contributed by atoms with van der Waals surface area (Å²) in [5.74, 6) is 0.00741.